The van der Waals surface area contributed by atoms with E-state index >= 15 is 0 Å². The van der Waals surface area contributed by atoms with Crippen molar-refractivity contribution in [3.63, 3.8) is 0 Å². The van der Waals surface area contributed by atoms with Gasteiger partial charge in [0.25, 0.3) is 0 Å². The van der Waals surface area contributed by atoms with E-state index in [-0.39, 0.29) is 0 Å². The Labute approximate surface area is 138 Å². The molecule has 0 aromatic carbocycles. The highest BCUT2D eigenvalue weighted by Gasteiger charge is 2.41. The van der Waals surface area contributed by atoms with E-state index in [1.165, 1.54) is 51.1 Å². The monoisotopic (exact) mass is 311 g/mol. The number of rotatable bonds is 4. The minimum atomic E-state index is 0.472. The van der Waals surface area contributed by atoms with Gasteiger partial charge in [0.2, 0.25) is 0 Å². The van der Waals surface area contributed by atoms with Gasteiger partial charge in [-0.25, -0.2) is 0 Å². The molecule has 0 N–H and O–H groups in total. The van der Waals surface area contributed by atoms with Crippen LogP contribution in [0.4, 0.5) is 0 Å². The van der Waals surface area contributed by atoms with E-state index in [2.05, 4.69) is 33.0 Å². The van der Waals surface area contributed by atoms with Gasteiger partial charge in [0.1, 0.15) is 5.76 Å². The number of hydrogen-bond donors (Lipinski definition) is 0. The second-order valence-corrected chi connectivity index (χ2v) is 7.18. The molecule has 4 heteroatoms. The molecule has 0 saturated carbocycles. The molecule has 2 saturated heterocycles. The van der Waals surface area contributed by atoms with Gasteiger partial charge in [0.15, 0.2) is 0 Å². The van der Waals surface area contributed by atoms with Crippen LogP contribution in [-0.2, 0) is 13.1 Å². The second kappa shape index (κ2) is 6.46. The minimum absolute atomic E-state index is 0.472. The Bertz CT molecular complexity index is 613. The number of aromatic nitrogens is 1. The quantitative estimate of drug-likeness (QED) is 0.868. The lowest BCUT2D eigenvalue weighted by atomic mass is 9.79. The van der Waals surface area contributed by atoms with Gasteiger partial charge in [-0.1, -0.05) is 6.07 Å². The van der Waals surface area contributed by atoms with Crippen LogP contribution in [0.2, 0.25) is 0 Å². The molecule has 4 heterocycles. The van der Waals surface area contributed by atoms with Gasteiger partial charge in [0, 0.05) is 25.8 Å². The van der Waals surface area contributed by atoms with Gasteiger partial charge in [0.05, 0.1) is 18.5 Å². The van der Waals surface area contributed by atoms with Gasteiger partial charge in [-0.05, 0) is 62.0 Å². The Morgan fingerprint density at radius 1 is 1.00 bits per heavy atom. The van der Waals surface area contributed by atoms with E-state index < -0.39 is 0 Å². The highest BCUT2D eigenvalue weighted by Crippen LogP contribution is 2.39. The molecular formula is C19H25N3O. The Kier molecular flexibility index (Phi) is 4.19. The average Bonchev–Trinajstić information content (AvgIpc) is 3.20. The predicted octanol–water partition coefficient (Wildman–Crippen LogP) is 3.16. The first-order valence-electron chi connectivity index (χ1n) is 8.68. The van der Waals surface area contributed by atoms with Crippen molar-refractivity contribution in [1.82, 2.24) is 14.8 Å². The van der Waals surface area contributed by atoms with Crippen LogP contribution in [0.1, 0.15) is 30.7 Å². The molecule has 1 atom stereocenters. The van der Waals surface area contributed by atoms with Crippen molar-refractivity contribution in [3.8, 4) is 0 Å². The summed E-state index contributed by atoms with van der Waals surface area (Å²) in [5, 5.41) is 0. The van der Waals surface area contributed by atoms with Gasteiger partial charge in [-0.2, -0.15) is 0 Å². The predicted molar refractivity (Wildman–Crippen MR) is 89.8 cm³/mol. The second-order valence-electron chi connectivity index (χ2n) is 7.18. The third-order valence-electron chi connectivity index (χ3n) is 5.33. The van der Waals surface area contributed by atoms with Crippen molar-refractivity contribution in [2.75, 3.05) is 26.2 Å². The highest BCUT2D eigenvalue weighted by molar-refractivity contribution is 5.05. The molecule has 23 heavy (non-hydrogen) atoms. The van der Waals surface area contributed by atoms with Crippen LogP contribution in [0.5, 0.6) is 0 Å². The summed E-state index contributed by atoms with van der Waals surface area (Å²) in [4.78, 5) is 9.65. The maximum atomic E-state index is 5.51. The Hall–Kier alpha value is -1.65. The lowest BCUT2D eigenvalue weighted by molar-refractivity contribution is 0.0849. The highest BCUT2D eigenvalue weighted by atomic mass is 16.3. The lowest BCUT2D eigenvalue weighted by Crippen LogP contribution is -2.44. The van der Waals surface area contributed by atoms with Crippen LogP contribution in [0.3, 0.4) is 0 Å². The van der Waals surface area contributed by atoms with Crippen LogP contribution in [0.15, 0.2) is 47.2 Å². The molecule has 2 aromatic rings. The molecule has 0 amide bonds. The fourth-order valence-corrected chi connectivity index (χ4v) is 4.28. The maximum Gasteiger partial charge on any atom is 0.117 e. The summed E-state index contributed by atoms with van der Waals surface area (Å²) in [6.45, 7) is 6.75. The largest absolute Gasteiger partial charge is 0.468 e. The number of likely N-dealkylation sites (tertiary alicyclic amines) is 2. The molecule has 2 aliphatic rings. The van der Waals surface area contributed by atoms with Crippen molar-refractivity contribution < 1.29 is 4.42 Å². The Balaban J connectivity index is 1.37. The fraction of sp³-hybridized carbons (Fsp3) is 0.526. The number of hydrogen-bond acceptors (Lipinski definition) is 4. The van der Waals surface area contributed by atoms with Crippen LogP contribution >= 0.6 is 0 Å². The molecule has 0 bridgehead atoms. The van der Waals surface area contributed by atoms with Gasteiger partial charge in [-0.3, -0.25) is 14.8 Å². The summed E-state index contributed by atoms with van der Waals surface area (Å²) in [5.74, 6) is 1.09. The Morgan fingerprint density at radius 3 is 2.70 bits per heavy atom. The zero-order chi connectivity index (χ0) is 15.5. The third kappa shape index (κ3) is 3.48. The molecular weight excluding hydrogens is 286 g/mol. The summed E-state index contributed by atoms with van der Waals surface area (Å²) in [5.41, 5.74) is 1.66. The number of furan rings is 1. The molecule has 2 fully saturated rings. The lowest BCUT2D eigenvalue weighted by Gasteiger charge is -2.40. The van der Waals surface area contributed by atoms with Crippen LogP contribution in [0.25, 0.3) is 0 Å². The normalized spacial score (nSPS) is 26.1. The molecule has 2 aliphatic heterocycles. The topological polar surface area (TPSA) is 32.5 Å². The average molecular weight is 311 g/mol. The first kappa shape index (κ1) is 14.9. The van der Waals surface area contributed by atoms with Crippen LogP contribution in [0, 0.1) is 5.41 Å². The third-order valence-corrected chi connectivity index (χ3v) is 5.33. The van der Waals surface area contributed by atoms with Crippen molar-refractivity contribution in [3.05, 3.63) is 54.2 Å². The smallest absolute Gasteiger partial charge is 0.117 e. The fourth-order valence-electron chi connectivity index (χ4n) is 4.28. The van der Waals surface area contributed by atoms with E-state index in [1.807, 2.05) is 18.3 Å². The van der Waals surface area contributed by atoms with E-state index in [4.69, 9.17) is 4.42 Å². The summed E-state index contributed by atoms with van der Waals surface area (Å²) < 4.78 is 5.51. The summed E-state index contributed by atoms with van der Waals surface area (Å²) >= 11 is 0. The summed E-state index contributed by atoms with van der Waals surface area (Å²) in [7, 11) is 0. The number of pyridine rings is 1. The molecule has 0 aliphatic carbocycles. The van der Waals surface area contributed by atoms with Crippen LogP contribution in [-0.4, -0.2) is 41.0 Å². The van der Waals surface area contributed by atoms with Crippen LogP contribution < -0.4 is 0 Å². The standard InChI is InChI=1S/C19H25N3O/c1-2-9-20-17(5-1)13-21-10-4-7-19(15-21)8-11-22(16-19)14-18-6-3-12-23-18/h1-3,5-6,9,12H,4,7-8,10-11,13-16H2/t19-/m1/s1. The van der Waals surface area contributed by atoms with Crippen molar-refractivity contribution in [2.24, 2.45) is 5.41 Å². The summed E-state index contributed by atoms with van der Waals surface area (Å²) in [6.07, 6.45) is 7.65. The Morgan fingerprint density at radius 2 is 1.91 bits per heavy atom. The molecule has 1 spiro atoms. The van der Waals surface area contributed by atoms with E-state index in [9.17, 15) is 0 Å². The van der Waals surface area contributed by atoms with E-state index in [0.29, 0.717) is 5.41 Å². The number of nitrogens with zero attached hydrogens (tertiary/aromatic N) is 3. The summed E-state index contributed by atoms with van der Waals surface area (Å²) in [6, 6.07) is 10.3. The SMILES string of the molecule is c1ccc(CN2CCC[C@@]3(CCN(Cc4ccco4)C3)C2)nc1. The molecule has 0 radical (unpaired) electrons. The van der Waals surface area contributed by atoms with Gasteiger partial charge in [-0.15, -0.1) is 0 Å². The molecule has 2 aromatic heterocycles. The number of piperidine rings is 1. The first-order chi connectivity index (χ1) is 11.3. The maximum absolute atomic E-state index is 5.51. The molecule has 4 nitrogen and oxygen atoms in total. The van der Waals surface area contributed by atoms with Gasteiger partial charge < -0.3 is 4.42 Å². The van der Waals surface area contributed by atoms with Gasteiger partial charge >= 0.3 is 0 Å². The molecule has 4 rings (SSSR count). The molecule has 122 valence electrons. The van der Waals surface area contributed by atoms with E-state index in [0.717, 1.165) is 18.8 Å². The van der Waals surface area contributed by atoms with Crippen molar-refractivity contribution >= 4 is 0 Å². The zero-order valence-corrected chi connectivity index (χ0v) is 13.7. The van der Waals surface area contributed by atoms with E-state index in [1.54, 1.807) is 6.26 Å². The zero-order valence-electron chi connectivity index (χ0n) is 13.7. The van der Waals surface area contributed by atoms with Crippen molar-refractivity contribution in [1.29, 1.82) is 0 Å². The molecule has 0 unspecified atom stereocenters. The van der Waals surface area contributed by atoms with Crippen molar-refractivity contribution in [2.45, 2.75) is 32.4 Å². The first-order valence-corrected chi connectivity index (χ1v) is 8.68. The minimum Gasteiger partial charge on any atom is -0.468 e.